The second-order valence-corrected chi connectivity index (χ2v) is 11.5. The molecule has 17 heavy (non-hydrogen) atoms. The molecule has 2 rings (SSSR count). The van der Waals surface area contributed by atoms with Gasteiger partial charge in [-0.05, 0) is 16.7 Å². The molecule has 0 saturated heterocycles. The summed E-state index contributed by atoms with van der Waals surface area (Å²) in [6.07, 6.45) is 4.40. The summed E-state index contributed by atoms with van der Waals surface area (Å²) >= 11 is 0. The quantitative estimate of drug-likeness (QED) is 0.648. The molecule has 0 radical (unpaired) electrons. The van der Waals surface area contributed by atoms with Crippen molar-refractivity contribution in [3.05, 3.63) is 46.7 Å². The van der Waals surface area contributed by atoms with Crippen LogP contribution in [0.2, 0.25) is 19.6 Å². The summed E-state index contributed by atoms with van der Waals surface area (Å²) in [6, 6.07) is 6.58. The zero-order chi connectivity index (χ0) is 12.8. The molecule has 0 atom stereocenters. The highest BCUT2D eigenvalue weighted by atomic mass is 28.3. The predicted octanol–water partition coefficient (Wildman–Crippen LogP) is 4.88. The Morgan fingerprint density at radius 2 is 1.82 bits per heavy atom. The third kappa shape index (κ3) is 1.83. The zero-order valence-corrected chi connectivity index (χ0v) is 12.6. The average Bonchev–Trinajstić information content (AvgIpc) is 2.50. The Morgan fingerprint density at radius 3 is 2.35 bits per heavy atom. The van der Waals surface area contributed by atoms with E-state index in [4.69, 9.17) is 0 Å². The molecule has 0 heterocycles. The van der Waals surface area contributed by atoms with Crippen molar-refractivity contribution in [1.29, 1.82) is 0 Å². The van der Waals surface area contributed by atoms with Crippen LogP contribution in [0.3, 0.4) is 0 Å². The number of hydrogen-bond donors (Lipinski definition) is 0. The first-order valence-electron chi connectivity index (χ1n) is 6.27. The van der Waals surface area contributed by atoms with Crippen LogP contribution in [0.15, 0.2) is 30.0 Å². The number of rotatable bonds is 2. The van der Waals surface area contributed by atoms with Crippen molar-refractivity contribution >= 4 is 20.2 Å². The molecule has 90 valence electrons. The summed E-state index contributed by atoms with van der Waals surface area (Å²) in [5.41, 5.74) is 4.32. The molecule has 0 N–H and O–H groups in total. The van der Waals surface area contributed by atoms with Crippen LogP contribution in [-0.2, 0) is 5.41 Å². The van der Waals surface area contributed by atoms with Crippen LogP contribution >= 0.6 is 0 Å². The van der Waals surface area contributed by atoms with E-state index in [0.717, 1.165) is 0 Å². The van der Waals surface area contributed by atoms with E-state index in [1.807, 2.05) is 6.08 Å². The maximum atomic E-state index is 3.93. The van der Waals surface area contributed by atoms with E-state index in [9.17, 15) is 0 Å². The van der Waals surface area contributed by atoms with E-state index in [0.29, 0.717) is 0 Å². The third-order valence-corrected chi connectivity index (χ3v) is 6.19. The number of allylic oxidation sites excluding steroid dienone is 1. The monoisotopic (exact) mass is 242 g/mol. The van der Waals surface area contributed by atoms with Gasteiger partial charge >= 0.3 is 0 Å². The van der Waals surface area contributed by atoms with Crippen molar-refractivity contribution in [3.63, 3.8) is 0 Å². The molecule has 0 bridgehead atoms. The minimum Gasteiger partial charge on any atom is -0.0984 e. The number of benzene rings is 1. The van der Waals surface area contributed by atoms with Gasteiger partial charge in [0.15, 0.2) is 0 Å². The first-order valence-corrected chi connectivity index (χ1v) is 9.77. The molecule has 1 heteroatoms. The summed E-state index contributed by atoms with van der Waals surface area (Å²) in [6.45, 7) is 15.9. The van der Waals surface area contributed by atoms with E-state index in [2.05, 4.69) is 64.3 Å². The standard InChI is InChI=1S/C16H22Si/c1-7-12-9-8-10-14-13(12)11-15(16(14,2)3)17(4,5)6/h7-11H,1H2,2-6H3. The molecule has 1 aromatic rings. The van der Waals surface area contributed by atoms with Crippen LogP contribution in [0.5, 0.6) is 0 Å². The van der Waals surface area contributed by atoms with Crippen LogP contribution in [0.1, 0.15) is 30.5 Å². The fourth-order valence-electron chi connectivity index (χ4n) is 3.09. The van der Waals surface area contributed by atoms with E-state index in [1.165, 1.54) is 16.7 Å². The van der Waals surface area contributed by atoms with Crippen molar-refractivity contribution in [1.82, 2.24) is 0 Å². The summed E-state index contributed by atoms with van der Waals surface area (Å²) in [5.74, 6) is 0. The number of fused-ring (bicyclic) bond motifs is 1. The highest BCUT2D eigenvalue weighted by Gasteiger charge is 2.39. The van der Waals surface area contributed by atoms with Gasteiger partial charge in [0.2, 0.25) is 0 Å². The van der Waals surface area contributed by atoms with E-state index < -0.39 is 8.07 Å². The van der Waals surface area contributed by atoms with Crippen molar-refractivity contribution in [2.24, 2.45) is 0 Å². The largest absolute Gasteiger partial charge is 0.0984 e. The van der Waals surface area contributed by atoms with Gasteiger partial charge in [0.05, 0.1) is 8.07 Å². The molecule has 0 fully saturated rings. The Balaban J connectivity index is 2.69. The summed E-state index contributed by atoms with van der Waals surface area (Å²) in [4.78, 5) is 0. The Bertz CT molecular complexity index is 499. The maximum absolute atomic E-state index is 3.93. The second-order valence-electron chi connectivity index (χ2n) is 6.45. The van der Waals surface area contributed by atoms with Gasteiger partial charge in [-0.1, -0.05) is 75.6 Å². The zero-order valence-electron chi connectivity index (χ0n) is 11.6. The van der Waals surface area contributed by atoms with Crippen LogP contribution in [0, 0.1) is 0 Å². The molecule has 0 amide bonds. The highest BCUT2D eigenvalue weighted by molar-refractivity contribution is 6.84. The van der Waals surface area contributed by atoms with Crippen LogP contribution < -0.4 is 0 Å². The molecule has 1 aliphatic rings. The van der Waals surface area contributed by atoms with Gasteiger partial charge in [0.25, 0.3) is 0 Å². The van der Waals surface area contributed by atoms with Gasteiger partial charge in [-0.3, -0.25) is 0 Å². The lowest BCUT2D eigenvalue weighted by molar-refractivity contribution is 0.663. The van der Waals surface area contributed by atoms with E-state index in [1.54, 1.807) is 5.20 Å². The maximum Gasteiger partial charge on any atom is 0.0736 e. The van der Waals surface area contributed by atoms with Crippen LogP contribution in [0.25, 0.3) is 12.2 Å². The van der Waals surface area contributed by atoms with E-state index in [-0.39, 0.29) is 5.41 Å². The molecule has 0 aliphatic heterocycles. The molecule has 1 aliphatic carbocycles. The first kappa shape index (κ1) is 12.4. The molecule has 1 aromatic carbocycles. The van der Waals surface area contributed by atoms with Gasteiger partial charge in [-0.15, -0.1) is 0 Å². The lowest BCUT2D eigenvalue weighted by Crippen LogP contribution is -2.34. The molecule has 0 spiro atoms. The topological polar surface area (TPSA) is 0 Å². The van der Waals surface area contributed by atoms with Crippen molar-refractivity contribution in [2.45, 2.75) is 38.9 Å². The fraction of sp³-hybridized carbons (Fsp3) is 0.375. The van der Waals surface area contributed by atoms with Crippen molar-refractivity contribution in [3.8, 4) is 0 Å². The molecule has 0 aromatic heterocycles. The van der Waals surface area contributed by atoms with Gasteiger partial charge < -0.3 is 0 Å². The van der Waals surface area contributed by atoms with Crippen LogP contribution in [0.4, 0.5) is 0 Å². The Morgan fingerprint density at radius 1 is 1.18 bits per heavy atom. The molecular weight excluding hydrogens is 220 g/mol. The van der Waals surface area contributed by atoms with Gasteiger partial charge in [0.1, 0.15) is 0 Å². The fourth-order valence-corrected chi connectivity index (χ4v) is 5.68. The normalized spacial score (nSPS) is 17.6. The summed E-state index contributed by atoms with van der Waals surface area (Å²) in [5, 5.41) is 1.65. The molecule has 0 nitrogen and oxygen atoms in total. The smallest absolute Gasteiger partial charge is 0.0736 e. The predicted molar refractivity (Wildman–Crippen MR) is 80.9 cm³/mol. The van der Waals surface area contributed by atoms with Crippen LogP contribution in [-0.4, -0.2) is 8.07 Å². The minimum absolute atomic E-state index is 0.193. The van der Waals surface area contributed by atoms with Crippen molar-refractivity contribution in [2.75, 3.05) is 0 Å². The van der Waals surface area contributed by atoms with Gasteiger partial charge in [0, 0.05) is 5.41 Å². The minimum atomic E-state index is -1.27. The van der Waals surface area contributed by atoms with Gasteiger partial charge in [-0.25, -0.2) is 0 Å². The van der Waals surface area contributed by atoms with Crippen molar-refractivity contribution < 1.29 is 0 Å². The molecule has 0 saturated carbocycles. The summed E-state index contributed by atoms with van der Waals surface area (Å²) in [7, 11) is -1.27. The van der Waals surface area contributed by atoms with Gasteiger partial charge in [-0.2, -0.15) is 0 Å². The molecular formula is C16H22Si. The van der Waals surface area contributed by atoms with E-state index >= 15 is 0 Å². The Labute approximate surface area is 106 Å². The highest BCUT2D eigenvalue weighted by Crippen LogP contribution is 2.46. The third-order valence-electron chi connectivity index (χ3n) is 3.80. The summed E-state index contributed by atoms with van der Waals surface area (Å²) < 4.78 is 0. The first-order chi connectivity index (χ1) is 7.78. The SMILES string of the molecule is C=Cc1cccc2c1C=C([Si](C)(C)C)C2(C)C. The lowest BCUT2D eigenvalue weighted by atomic mass is 9.86. The average molecular weight is 242 g/mol. The molecule has 0 unspecified atom stereocenters. The Kier molecular flexibility index (Phi) is 2.70. The second kappa shape index (κ2) is 3.71. The number of hydrogen-bond acceptors (Lipinski definition) is 0. The Hall–Kier alpha value is -1.08. The lowest BCUT2D eigenvalue weighted by Gasteiger charge is -2.32.